The molecule has 4 heteroatoms. The first-order chi connectivity index (χ1) is 7.99. The summed E-state index contributed by atoms with van der Waals surface area (Å²) in [5, 5.41) is 14.3. The van der Waals surface area contributed by atoms with Gasteiger partial charge in [0.05, 0.1) is 11.1 Å². The van der Waals surface area contributed by atoms with E-state index in [-0.39, 0.29) is 5.56 Å². The number of aromatic carboxylic acids is 1. The maximum absolute atomic E-state index is 10.9. The number of hydrogen-bond acceptors (Lipinski definition) is 2. The van der Waals surface area contributed by atoms with Crippen molar-refractivity contribution in [2.45, 2.75) is 20.3 Å². The summed E-state index contributed by atoms with van der Waals surface area (Å²) in [5.74, 6) is -0.365. The van der Waals surface area contributed by atoms with E-state index in [2.05, 4.69) is 18.9 Å². The predicted molar refractivity (Wildman–Crippen MR) is 66.2 cm³/mol. The molecule has 0 bridgehead atoms. The highest BCUT2D eigenvalue weighted by Gasteiger charge is 2.12. The molecular formula is C13H16N2O2. The van der Waals surface area contributed by atoms with E-state index in [4.69, 9.17) is 5.11 Å². The highest BCUT2D eigenvalue weighted by molar-refractivity contribution is 5.93. The number of nitrogens with zero attached hydrogens (tertiary/aromatic N) is 2. The number of aromatic nitrogens is 2. The van der Waals surface area contributed by atoms with Crippen LogP contribution in [0.4, 0.5) is 0 Å². The van der Waals surface area contributed by atoms with Crippen LogP contribution in [-0.2, 0) is 13.5 Å². The lowest BCUT2D eigenvalue weighted by atomic mass is 10.0. The van der Waals surface area contributed by atoms with Gasteiger partial charge in [-0.15, -0.1) is 0 Å². The molecule has 0 fully saturated rings. The third kappa shape index (κ3) is 2.16. The molecule has 0 aliphatic heterocycles. The molecule has 1 aromatic carbocycles. The Balaban J connectivity index is 2.56. The smallest absolute Gasteiger partial charge is 0.335 e. The van der Waals surface area contributed by atoms with E-state index in [0.717, 1.165) is 23.0 Å². The highest BCUT2D eigenvalue weighted by atomic mass is 16.4. The highest BCUT2D eigenvalue weighted by Crippen LogP contribution is 2.21. The van der Waals surface area contributed by atoms with E-state index >= 15 is 0 Å². The number of carboxylic acid groups (broad SMARTS) is 1. The quantitative estimate of drug-likeness (QED) is 0.884. The average molecular weight is 232 g/mol. The lowest BCUT2D eigenvalue weighted by Crippen LogP contribution is -2.02. The second-order valence-electron chi connectivity index (χ2n) is 4.71. The zero-order valence-electron chi connectivity index (χ0n) is 10.3. The van der Waals surface area contributed by atoms with Crippen molar-refractivity contribution in [1.82, 2.24) is 9.78 Å². The molecule has 0 aliphatic carbocycles. The van der Waals surface area contributed by atoms with Gasteiger partial charge >= 0.3 is 5.97 Å². The van der Waals surface area contributed by atoms with Crippen molar-refractivity contribution in [1.29, 1.82) is 0 Å². The molecule has 1 N–H and O–H groups in total. The van der Waals surface area contributed by atoms with Crippen LogP contribution < -0.4 is 0 Å². The van der Waals surface area contributed by atoms with E-state index in [0.29, 0.717) is 5.92 Å². The van der Waals surface area contributed by atoms with Crippen LogP contribution in [0, 0.1) is 5.92 Å². The van der Waals surface area contributed by atoms with Gasteiger partial charge in [-0.3, -0.25) is 4.68 Å². The Morgan fingerprint density at radius 1 is 1.47 bits per heavy atom. The SMILES string of the molecule is CC(C)Cc1c2ccc(C(=O)O)cc2nn1C. The lowest BCUT2D eigenvalue weighted by Gasteiger charge is -2.05. The van der Waals surface area contributed by atoms with Crippen molar-refractivity contribution in [2.24, 2.45) is 13.0 Å². The summed E-state index contributed by atoms with van der Waals surface area (Å²) in [6.45, 7) is 4.31. The molecule has 0 spiro atoms. The van der Waals surface area contributed by atoms with Gasteiger partial charge in [0.1, 0.15) is 0 Å². The molecule has 0 atom stereocenters. The summed E-state index contributed by atoms with van der Waals surface area (Å²) in [6, 6.07) is 5.11. The molecule has 0 saturated carbocycles. The van der Waals surface area contributed by atoms with Gasteiger partial charge in [-0.2, -0.15) is 5.10 Å². The molecule has 2 rings (SSSR count). The van der Waals surface area contributed by atoms with Crippen molar-refractivity contribution in [3.63, 3.8) is 0 Å². The number of benzene rings is 1. The largest absolute Gasteiger partial charge is 0.478 e. The summed E-state index contributed by atoms with van der Waals surface area (Å²) in [6.07, 6.45) is 0.944. The first-order valence-corrected chi connectivity index (χ1v) is 5.68. The van der Waals surface area contributed by atoms with Crippen molar-refractivity contribution in [3.8, 4) is 0 Å². The topological polar surface area (TPSA) is 55.1 Å². The summed E-state index contributed by atoms with van der Waals surface area (Å²) < 4.78 is 1.84. The Morgan fingerprint density at radius 2 is 2.18 bits per heavy atom. The molecular weight excluding hydrogens is 216 g/mol. The Morgan fingerprint density at radius 3 is 2.76 bits per heavy atom. The predicted octanol–water partition coefficient (Wildman–Crippen LogP) is 2.47. The van der Waals surface area contributed by atoms with Crippen LogP contribution >= 0.6 is 0 Å². The summed E-state index contributed by atoms with van der Waals surface area (Å²) in [4.78, 5) is 10.9. The van der Waals surface area contributed by atoms with Gasteiger partial charge in [0, 0.05) is 18.1 Å². The van der Waals surface area contributed by atoms with Crippen molar-refractivity contribution in [2.75, 3.05) is 0 Å². The Hall–Kier alpha value is -1.84. The number of hydrogen-bond donors (Lipinski definition) is 1. The van der Waals surface area contributed by atoms with Crippen LogP contribution in [0.1, 0.15) is 29.9 Å². The van der Waals surface area contributed by atoms with Gasteiger partial charge < -0.3 is 5.11 Å². The minimum Gasteiger partial charge on any atom is -0.478 e. The summed E-state index contributed by atoms with van der Waals surface area (Å²) >= 11 is 0. The monoisotopic (exact) mass is 232 g/mol. The van der Waals surface area contributed by atoms with Gasteiger partial charge in [-0.05, 0) is 24.5 Å². The van der Waals surface area contributed by atoms with E-state index < -0.39 is 5.97 Å². The van der Waals surface area contributed by atoms with Crippen LogP contribution in [0.5, 0.6) is 0 Å². The molecule has 2 aromatic rings. The molecule has 0 saturated heterocycles. The number of carboxylic acids is 1. The average Bonchev–Trinajstić information content (AvgIpc) is 2.54. The molecule has 0 amide bonds. The number of carbonyl (C=O) groups is 1. The zero-order valence-corrected chi connectivity index (χ0v) is 10.3. The Bertz CT molecular complexity index is 570. The lowest BCUT2D eigenvalue weighted by molar-refractivity contribution is 0.0697. The standard InChI is InChI=1S/C13H16N2O2/c1-8(2)6-12-10-5-4-9(13(16)17)7-11(10)14-15(12)3/h4-5,7-8H,6H2,1-3H3,(H,16,17). The molecule has 17 heavy (non-hydrogen) atoms. The summed E-state index contributed by atoms with van der Waals surface area (Å²) in [7, 11) is 1.90. The second-order valence-corrected chi connectivity index (χ2v) is 4.71. The molecule has 4 nitrogen and oxygen atoms in total. The van der Waals surface area contributed by atoms with Gasteiger partial charge in [-0.1, -0.05) is 19.9 Å². The fraction of sp³-hybridized carbons (Fsp3) is 0.385. The van der Waals surface area contributed by atoms with E-state index in [1.54, 1.807) is 12.1 Å². The van der Waals surface area contributed by atoms with Crippen LogP contribution in [0.25, 0.3) is 10.9 Å². The molecule has 0 radical (unpaired) electrons. The van der Waals surface area contributed by atoms with Crippen LogP contribution in [0.15, 0.2) is 18.2 Å². The maximum atomic E-state index is 10.9. The Labute approximate surface area is 99.9 Å². The van der Waals surface area contributed by atoms with E-state index in [1.807, 2.05) is 17.8 Å². The normalized spacial score (nSPS) is 11.3. The fourth-order valence-electron chi connectivity index (χ4n) is 2.02. The summed E-state index contributed by atoms with van der Waals surface area (Å²) in [5.41, 5.74) is 2.20. The maximum Gasteiger partial charge on any atom is 0.335 e. The fourth-order valence-corrected chi connectivity index (χ4v) is 2.02. The number of rotatable bonds is 3. The van der Waals surface area contributed by atoms with Crippen LogP contribution in [0.3, 0.4) is 0 Å². The minimum atomic E-state index is -0.914. The first-order valence-electron chi connectivity index (χ1n) is 5.68. The molecule has 0 unspecified atom stereocenters. The first kappa shape index (κ1) is 11.6. The van der Waals surface area contributed by atoms with Gasteiger partial charge in [0.2, 0.25) is 0 Å². The number of aryl methyl sites for hydroxylation is 1. The van der Waals surface area contributed by atoms with Gasteiger partial charge in [-0.25, -0.2) is 4.79 Å². The third-order valence-corrected chi connectivity index (χ3v) is 2.81. The number of fused-ring (bicyclic) bond motifs is 1. The van der Waals surface area contributed by atoms with Gasteiger partial charge in [0.25, 0.3) is 0 Å². The molecule has 90 valence electrons. The molecule has 1 aromatic heterocycles. The van der Waals surface area contributed by atoms with Crippen molar-refractivity contribution >= 4 is 16.9 Å². The zero-order chi connectivity index (χ0) is 12.6. The molecule has 0 aliphatic rings. The van der Waals surface area contributed by atoms with E-state index in [1.165, 1.54) is 0 Å². The van der Waals surface area contributed by atoms with Crippen LogP contribution in [-0.4, -0.2) is 20.9 Å². The Kier molecular flexibility index (Phi) is 2.88. The van der Waals surface area contributed by atoms with E-state index in [9.17, 15) is 4.79 Å². The van der Waals surface area contributed by atoms with Crippen LogP contribution in [0.2, 0.25) is 0 Å². The third-order valence-electron chi connectivity index (χ3n) is 2.81. The van der Waals surface area contributed by atoms with Gasteiger partial charge in [0.15, 0.2) is 0 Å². The minimum absolute atomic E-state index is 0.284. The van der Waals surface area contributed by atoms with Crippen molar-refractivity contribution in [3.05, 3.63) is 29.5 Å². The molecule has 1 heterocycles. The van der Waals surface area contributed by atoms with Crippen molar-refractivity contribution < 1.29 is 9.90 Å². The second kappa shape index (κ2) is 4.20.